The second kappa shape index (κ2) is 10.8. The van der Waals surface area contributed by atoms with E-state index in [0.29, 0.717) is 22.7 Å². The van der Waals surface area contributed by atoms with Crippen molar-refractivity contribution in [2.24, 2.45) is 0 Å². The van der Waals surface area contributed by atoms with Gasteiger partial charge in [-0.25, -0.2) is 0 Å². The Balaban J connectivity index is 1.32. The van der Waals surface area contributed by atoms with Gasteiger partial charge in [-0.05, 0) is 67.9 Å². The van der Waals surface area contributed by atoms with E-state index in [2.05, 4.69) is 32.5 Å². The number of aromatic nitrogens is 2. The molecule has 1 N–H and O–H groups in total. The topological polar surface area (TPSA) is 80.5 Å². The van der Waals surface area contributed by atoms with Crippen LogP contribution >= 0.6 is 23.4 Å². The van der Waals surface area contributed by atoms with E-state index in [1.165, 1.54) is 30.2 Å². The van der Waals surface area contributed by atoms with Crippen molar-refractivity contribution in [2.75, 3.05) is 32.5 Å². The molecular weight excluding hydrogens is 448 g/mol. The van der Waals surface area contributed by atoms with Crippen LogP contribution in [0.4, 0.5) is 0 Å². The van der Waals surface area contributed by atoms with Gasteiger partial charge in [-0.1, -0.05) is 35.5 Å². The van der Waals surface area contributed by atoms with Crippen molar-refractivity contribution >= 4 is 29.3 Å². The second-order valence-electron chi connectivity index (χ2n) is 7.50. The Morgan fingerprint density at radius 3 is 2.56 bits per heavy atom. The van der Waals surface area contributed by atoms with Crippen LogP contribution in [0.2, 0.25) is 5.02 Å². The van der Waals surface area contributed by atoms with Crippen LogP contribution in [-0.2, 0) is 4.79 Å². The maximum absolute atomic E-state index is 12.5. The molecule has 1 fully saturated rings. The number of likely N-dealkylation sites (tertiary alicyclic amines) is 1. The van der Waals surface area contributed by atoms with Crippen molar-refractivity contribution in [3.8, 4) is 17.2 Å². The number of amides is 1. The Bertz CT molecular complexity index is 1020. The number of nitrogens with zero attached hydrogens (tertiary/aromatic N) is 3. The van der Waals surface area contributed by atoms with E-state index in [0.717, 1.165) is 24.4 Å². The molecule has 0 radical (unpaired) electrons. The number of rotatable bonds is 9. The quantitative estimate of drug-likeness (QED) is 0.461. The zero-order chi connectivity index (χ0) is 22.3. The highest BCUT2D eigenvalue weighted by Gasteiger charge is 2.24. The van der Waals surface area contributed by atoms with E-state index in [1.54, 1.807) is 19.2 Å². The molecule has 1 aliphatic heterocycles. The van der Waals surface area contributed by atoms with Gasteiger partial charge in [0.1, 0.15) is 5.75 Å². The van der Waals surface area contributed by atoms with Gasteiger partial charge in [-0.15, -0.1) is 10.2 Å². The number of benzene rings is 2. The summed E-state index contributed by atoms with van der Waals surface area (Å²) in [5.41, 5.74) is 1.95. The van der Waals surface area contributed by atoms with Crippen molar-refractivity contribution in [3.05, 3.63) is 59.1 Å². The standard InChI is InChI=1S/C23H25ClN4O3S/c1-30-19-10-6-16(7-11-19)20(28-12-2-3-13-28)14-25-21(29)15-32-23-27-26-22(31-23)17-4-8-18(24)9-5-17/h4-11,20H,2-3,12-15H2,1H3,(H,25,29). The van der Waals surface area contributed by atoms with Gasteiger partial charge in [-0.3, -0.25) is 9.69 Å². The monoisotopic (exact) mass is 472 g/mol. The van der Waals surface area contributed by atoms with Gasteiger partial charge >= 0.3 is 0 Å². The number of nitrogens with one attached hydrogen (secondary N) is 1. The van der Waals surface area contributed by atoms with Gasteiger partial charge in [0.05, 0.1) is 18.9 Å². The number of carbonyl (C=O) groups is 1. The molecule has 1 aromatic heterocycles. The van der Waals surface area contributed by atoms with E-state index in [1.807, 2.05) is 24.3 Å². The average Bonchev–Trinajstić information content (AvgIpc) is 3.51. The molecule has 1 atom stereocenters. The fourth-order valence-corrected chi connectivity index (χ4v) is 4.42. The maximum atomic E-state index is 12.5. The van der Waals surface area contributed by atoms with Crippen LogP contribution < -0.4 is 10.1 Å². The van der Waals surface area contributed by atoms with E-state index < -0.39 is 0 Å². The third kappa shape index (κ3) is 5.82. The van der Waals surface area contributed by atoms with Gasteiger partial charge in [0.2, 0.25) is 11.8 Å². The lowest BCUT2D eigenvalue weighted by Crippen LogP contribution is -2.37. The number of hydrogen-bond donors (Lipinski definition) is 1. The summed E-state index contributed by atoms with van der Waals surface area (Å²) in [5.74, 6) is 1.36. The summed E-state index contributed by atoms with van der Waals surface area (Å²) in [6, 6.07) is 15.4. The lowest BCUT2D eigenvalue weighted by atomic mass is 10.1. The van der Waals surface area contributed by atoms with Gasteiger partial charge < -0.3 is 14.5 Å². The molecule has 1 unspecified atom stereocenters. The third-order valence-electron chi connectivity index (χ3n) is 5.40. The predicted molar refractivity (Wildman–Crippen MR) is 125 cm³/mol. The van der Waals surface area contributed by atoms with E-state index in [9.17, 15) is 4.79 Å². The smallest absolute Gasteiger partial charge is 0.277 e. The number of ether oxygens (including phenoxy) is 1. The first-order valence-corrected chi connectivity index (χ1v) is 11.9. The molecule has 1 saturated heterocycles. The molecule has 4 rings (SSSR count). The first-order chi connectivity index (χ1) is 15.6. The molecule has 2 heterocycles. The van der Waals surface area contributed by atoms with E-state index in [4.69, 9.17) is 20.8 Å². The number of hydrogen-bond acceptors (Lipinski definition) is 7. The highest BCUT2D eigenvalue weighted by Crippen LogP contribution is 2.27. The zero-order valence-electron chi connectivity index (χ0n) is 17.8. The average molecular weight is 473 g/mol. The first-order valence-electron chi connectivity index (χ1n) is 10.5. The van der Waals surface area contributed by atoms with Crippen LogP contribution in [0.5, 0.6) is 5.75 Å². The van der Waals surface area contributed by atoms with Crippen molar-refractivity contribution in [3.63, 3.8) is 0 Å². The van der Waals surface area contributed by atoms with Crippen LogP contribution in [0.15, 0.2) is 58.2 Å². The molecule has 1 amide bonds. The maximum Gasteiger partial charge on any atom is 0.277 e. The molecule has 0 bridgehead atoms. The predicted octanol–water partition coefficient (Wildman–Crippen LogP) is 4.44. The molecule has 168 valence electrons. The number of methoxy groups -OCH3 is 1. The lowest BCUT2D eigenvalue weighted by Gasteiger charge is -2.28. The minimum Gasteiger partial charge on any atom is -0.497 e. The van der Waals surface area contributed by atoms with Gasteiger partial charge in [0, 0.05) is 17.1 Å². The van der Waals surface area contributed by atoms with Crippen LogP contribution in [0.1, 0.15) is 24.4 Å². The van der Waals surface area contributed by atoms with Gasteiger partial charge in [0.15, 0.2) is 0 Å². The summed E-state index contributed by atoms with van der Waals surface area (Å²) < 4.78 is 10.9. The van der Waals surface area contributed by atoms with Crippen LogP contribution in [0, 0.1) is 0 Å². The first kappa shape index (κ1) is 22.6. The molecule has 0 spiro atoms. The van der Waals surface area contributed by atoms with Crippen molar-refractivity contribution in [2.45, 2.75) is 24.1 Å². The van der Waals surface area contributed by atoms with Crippen LogP contribution in [0.25, 0.3) is 11.5 Å². The Hall–Kier alpha value is -2.55. The van der Waals surface area contributed by atoms with Gasteiger partial charge in [-0.2, -0.15) is 0 Å². The molecule has 0 aliphatic carbocycles. The minimum atomic E-state index is -0.0704. The molecule has 9 heteroatoms. The molecule has 1 aliphatic rings. The fraction of sp³-hybridized carbons (Fsp3) is 0.348. The third-order valence-corrected chi connectivity index (χ3v) is 6.47. The molecule has 3 aromatic rings. The summed E-state index contributed by atoms with van der Waals surface area (Å²) in [6.45, 7) is 2.62. The summed E-state index contributed by atoms with van der Waals surface area (Å²) in [5, 5.41) is 12.1. The molecular formula is C23H25ClN4O3S. The van der Waals surface area contributed by atoms with E-state index >= 15 is 0 Å². The fourth-order valence-electron chi connectivity index (χ4n) is 3.70. The van der Waals surface area contributed by atoms with Gasteiger partial charge in [0.25, 0.3) is 5.22 Å². The molecule has 2 aromatic carbocycles. The highest BCUT2D eigenvalue weighted by atomic mass is 35.5. The zero-order valence-corrected chi connectivity index (χ0v) is 19.4. The van der Waals surface area contributed by atoms with Crippen molar-refractivity contribution < 1.29 is 13.9 Å². The Labute approximate surface area is 196 Å². The summed E-state index contributed by atoms with van der Waals surface area (Å²) >= 11 is 7.13. The number of carbonyl (C=O) groups excluding carboxylic acids is 1. The van der Waals surface area contributed by atoms with E-state index in [-0.39, 0.29) is 17.7 Å². The minimum absolute atomic E-state index is 0.0704. The largest absolute Gasteiger partial charge is 0.497 e. The normalized spacial score (nSPS) is 14.9. The summed E-state index contributed by atoms with van der Waals surface area (Å²) in [4.78, 5) is 14.9. The molecule has 32 heavy (non-hydrogen) atoms. The Morgan fingerprint density at radius 2 is 1.88 bits per heavy atom. The second-order valence-corrected chi connectivity index (χ2v) is 8.87. The Morgan fingerprint density at radius 1 is 1.16 bits per heavy atom. The Kier molecular flexibility index (Phi) is 7.68. The summed E-state index contributed by atoms with van der Waals surface area (Å²) in [7, 11) is 1.66. The lowest BCUT2D eigenvalue weighted by molar-refractivity contribution is -0.118. The van der Waals surface area contributed by atoms with Crippen LogP contribution in [0.3, 0.4) is 0 Å². The molecule has 0 saturated carbocycles. The SMILES string of the molecule is COc1ccc(C(CNC(=O)CSc2nnc(-c3ccc(Cl)cc3)o2)N2CCCC2)cc1. The highest BCUT2D eigenvalue weighted by molar-refractivity contribution is 7.99. The van der Waals surface area contributed by atoms with Crippen molar-refractivity contribution in [1.29, 1.82) is 0 Å². The number of halogens is 1. The molecule has 7 nitrogen and oxygen atoms in total. The van der Waals surface area contributed by atoms with Crippen molar-refractivity contribution in [1.82, 2.24) is 20.4 Å². The van der Waals surface area contributed by atoms with Crippen LogP contribution in [-0.4, -0.2) is 53.5 Å². The summed E-state index contributed by atoms with van der Waals surface area (Å²) in [6.07, 6.45) is 2.37. The number of thioether (sulfide) groups is 1.